The molecular weight excluding hydrogens is 489 g/mol. The molecular formula is C26H29ClFN3O5. The summed E-state index contributed by atoms with van der Waals surface area (Å²) >= 11 is 6.24. The van der Waals surface area contributed by atoms with Crippen LogP contribution in [0.4, 0.5) is 4.39 Å². The number of rotatable bonds is 9. The molecule has 1 aromatic heterocycles. The number of benzene rings is 2. The topological polar surface area (TPSA) is 114 Å². The van der Waals surface area contributed by atoms with Crippen molar-refractivity contribution >= 4 is 23.5 Å². The molecule has 3 aromatic rings. The normalized spacial score (nSPS) is 14.1. The molecule has 0 aliphatic rings. The lowest BCUT2D eigenvalue weighted by molar-refractivity contribution is -0.137. The lowest BCUT2D eigenvalue weighted by atomic mass is 9.78. The van der Waals surface area contributed by atoms with E-state index in [4.69, 9.17) is 16.3 Å². The number of carbonyl (C=O) groups is 2. The van der Waals surface area contributed by atoms with Crippen molar-refractivity contribution in [1.29, 1.82) is 0 Å². The van der Waals surface area contributed by atoms with E-state index in [-0.39, 0.29) is 18.2 Å². The van der Waals surface area contributed by atoms with Crippen LogP contribution in [0, 0.1) is 11.2 Å². The second kappa shape index (κ2) is 10.7. The second-order valence-corrected chi connectivity index (χ2v) is 10.1. The maximum atomic E-state index is 13.5. The summed E-state index contributed by atoms with van der Waals surface area (Å²) in [5.74, 6) is -2.08. The minimum atomic E-state index is -1.22. The summed E-state index contributed by atoms with van der Waals surface area (Å²) in [6.45, 7) is 7.13. The van der Waals surface area contributed by atoms with Gasteiger partial charge in [-0.1, -0.05) is 50.6 Å². The summed E-state index contributed by atoms with van der Waals surface area (Å²) in [7, 11) is 0. The van der Waals surface area contributed by atoms with E-state index >= 15 is 0 Å². The summed E-state index contributed by atoms with van der Waals surface area (Å²) in [6, 6.07) is 12.5. The molecule has 0 saturated carbocycles. The Morgan fingerprint density at radius 3 is 2.36 bits per heavy atom. The molecule has 36 heavy (non-hydrogen) atoms. The highest BCUT2D eigenvalue weighted by molar-refractivity contribution is 6.31. The molecule has 0 spiro atoms. The Morgan fingerprint density at radius 2 is 1.78 bits per heavy atom. The summed E-state index contributed by atoms with van der Waals surface area (Å²) in [4.78, 5) is 24.6. The molecule has 3 rings (SSSR count). The molecule has 0 aliphatic heterocycles. The first-order valence-electron chi connectivity index (χ1n) is 11.3. The van der Waals surface area contributed by atoms with E-state index in [2.05, 4.69) is 10.4 Å². The van der Waals surface area contributed by atoms with E-state index < -0.39 is 41.2 Å². The highest BCUT2D eigenvalue weighted by Crippen LogP contribution is 2.31. The zero-order valence-electron chi connectivity index (χ0n) is 20.5. The van der Waals surface area contributed by atoms with Gasteiger partial charge >= 0.3 is 5.97 Å². The van der Waals surface area contributed by atoms with Gasteiger partial charge in [-0.15, -0.1) is 0 Å². The molecule has 0 bridgehead atoms. The van der Waals surface area contributed by atoms with Gasteiger partial charge in [0.15, 0.2) is 5.69 Å². The van der Waals surface area contributed by atoms with Crippen LogP contribution in [0.15, 0.2) is 54.6 Å². The highest BCUT2D eigenvalue weighted by atomic mass is 35.5. The Labute approximate surface area is 213 Å². The summed E-state index contributed by atoms with van der Waals surface area (Å²) in [5.41, 5.74) is -0.913. The fourth-order valence-electron chi connectivity index (χ4n) is 3.18. The van der Waals surface area contributed by atoms with Gasteiger partial charge in [0.1, 0.15) is 18.0 Å². The second-order valence-electron chi connectivity index (χ2n) is 9.71. The number of nitrogens with zero attached hydrogens (tertiary/aromatic N) is 2. The first-order valence-corrected chi connectivity index (χ1v) is 11.6. The number of halogens is 2. The van der Waals surface area contributed by atoms with Gasteiger partial charge in [0, 0.05) is 11.1 Å². The van der Waals surface area contributed by atoms with E-state index in [0.29, 0.717) is 16.3 Å². The van der Waals surface area contributed by atoms with Gasteiger partial charge in [-0.3, -0.25) is 9.59 Å². The number of nitrogens with one attached hydrogen (secondary N) is 1. The van der Waals surface area contributed by atoms with Crippen molar-refractivity contribution in [3.05, 3.63) is 76.7 Å². The molecule has 0 saturated heterocycles. The average Bonchev–Trinajstić information content (AvgIpc) is 3.21. The molecule has 0 radical (unpaired) electrons. The molecule has 1 heterocycles. The van der Waals surface area contributed by atoms with Crippen LogP contribution in [-0.2, 0) is 4.79 Å². The number of carbonyl (C=O) groups excluding carboxylic acids is 1. The summed E-state index contributed by atoms with van der Waals surface area (Å²) < 4.78 is 20.7. The molecule has 8 nitrogen and oxygen atoms in total. The van der Waals surface area contributed by atoms with Gasteiger partial charge in [0.2, 0.25) is 5.88 Å². The Hall–Kier alpha value is -3.43. The first-order chi connectivity index (χ1) is 16.8. The Morgan fingerprint density at radius 1 is 1.14 bits per heavy atom. The molecule has 3 N–H and O–H groups in total. The Kier molecular flexibility index (Phi) is 8.05. The quantitative estimate of drug-likeness (QED) is 0.376. The Bertz CT molecular complexity index is 1240. The van der Waals surface area contributed by atoms with Crippen LogP contribution in [0.5, 0.6) is 5.88 Å². The van der Waals surface area contributed by atoms with Crippen molar-refractivity contribution in [2.45, 2.75) is 45.8 Å². The van der Waals surface area contributed by atoms with Crippen LogP contribution in [0.3, 0.4) is 0 Å². The van der Waals surface area contributed by atoms with Crippen LogP contribution in [0.1, 0.15) is 56.2 Å². The van der Waals surface area contributed by atoms with Crippen LogP contribution < -0.4 is 10.1 Å². The molecule has 10 heteroatoms. The van der Waals surface area contributed by atoms with Crippen LogP contribution in [-0.4, -0.2) is 44.1 Å². The number of ether oxygens (including phenoxy) is 1. The average molecular weight is 518 g/mol. The van der Waals surface area contributed by atoms with Crippen molar-refractivity contribution < 1.29 is 28.9 Å². The summed E-state index contributed by atoms with van der Waals surface area (Å²) in [5, 5.41) is 27.5. The van der Waals surface area contributed by atoms with Gasteiger partial charge in [-0.2, -0.15) is 5.10 Å². The van der Waals surface area contributed by atoms with E-state index in [9.17, 15) is 24.2 Å². The van der Waals surface area contributed by atoms with Crippen molar-refractivity contribution in [2.24, 2.45) is 5.41 Å². The van der Waals surface area contributed by atoms with Crippen molar-refractivity contribution in [3.63, 3.8) is 0 Å². The van der Waals surface area contributed by atoms with Gasteiger partial charge in [0.05, 0.1) is 18.2 Å². The number of hydrogen-bond acceptors (Lipinski definition) is 5. The number of hydrogen-bond donors (Lipinski definition) is 3. The van der Waals surface area contributed by atoms with Gasteiger partial charge < -0.3 is 20.3 Å². The first kappa shape index (κ1) is 27.2. The minimum absolute atomic E-state index is 0.0628. The van der Waals surface area contributed by atoms with Crippen molar-refractivity contribution in [1.82, 2.24) is 15.1 Å². The number of carboxylic acid groups (broad SMARTS) is 1. The number of amides is 1. The van der Waals surface area contributed by atoms with E-state index in [1.807, 2.05) is 20.8 Å². The third kappa shape index (κ3) is 6.41. The fourth-order valence-corrected chi connectivity index (χ4v) is 3.45. The predicted octanol–water partition coefficient (Wildman–Crippen LogP) is 4.79. The zero-order valence-corrected chi connectivity index (χ0v) is 21.2. The predicted molar refractivity (Wildman–Crippen MR) is 133 cm³/mol. The van der Waals surface area contributed by atoms with Crippen LogP contribution in [0.25, 0.3) is 5.69 Å². The number of carboxylic acids is 1. The monoisotopic (exact) mass is 517 g/mol. The molecule has 2 aromatic carbocycles. The molecule has 1 amide bonds. The fraction of sp³-hybridized carbons (Fsp3) is 0.346. The molecule has 0 unspecified atom stereocenters. The highest BCUT2D eigenvalue weighted by Gasteiger charge is 2.36. The van der Waals surface area contributed by atoms with Crippen molar-refractivity contribution in [2.75, 3.05) is 6.61 Å². The lowest BCUT2D eigenvalue weighted by Crippen LogP contribution is -2.45. The Balaban J connectivity index is 1.95. The number of aromatic nitrogens is 2. The van der Waals surface area contributed by atoms with Crippen LogP contribution >= 0.6 is 11.6 Å². The molecule has 192 valence electrons. The summed E-state index contributed by atoms with van der Waals surface area (Å²) in [6.07, 6.45) is -0.397. The van der Waals surface area contributed by atoms with Gasteiger partial charge in [-0.25, -0.2) is 9.07 Å². The van der Waals surface area contributed by atoms with Gasteiger partial charge in [0.25, 0.3) is 5.91 Å². The van der Waals surface area contributed by atoms with E-state index in [0.717, 1.165) is 0 Å². The smallest absolute Gasteiger partial charge is 0.305 e. The SMILES string of the molecule is CC(C)(C)[C@@](C)(O)COc1cc(C(=O)N[C@@H](CC(=O)O)c2ccccc2Cl)nn1-c1ccc(F)cc1. The van der Waals surface area contributed by atoms with Crippen molar-refractivity contribution in [3.8, 4) is 11.6 Å². The van der Waals surface area contributed by atoms with E-state index in [1.54, 1.807) is 31.2 Å². The number of aliphatic carboxylic acids is 1. The number of aliphatic hydroxyl groups is 1. The maximum absolute atomic E-state index is 13.5. The molecule has 2 atom stereocenters. The van der Waals surface area contributed by atoms with Gasteiger partial charge in [-0.05, 0) is 48.2 Å². The molecule has 0 aliphatic carbocycles. The molecule has 0 fully saturated rings. The largest absolute Gasteiger partial charge is 0.481 e. The maximum Gasteiger partial charge on any atom is 0.305 e. The third-order valence-corrected chi connectivity index (χ3v) is 6.41. The zero-order chi connectivity index (χ0) is 26.7. The minimum Gasteiger partial charge on any atom is -0.481 e. The van der Waals surface area contributed by atoms with E-state index in [1.165, 1.54) is 35.0 Å². The lowest BCUT2D eigenvalue weighted by Gasteiger charge is -2.36. The van der Waals surface area contributed by atoms with Crippen LogP contribution in [0.2, 0.25) is 5.02 Å². The standard InChI is InChI=1S/C26H29ClFN3O5/c1-25(2,3)26(4,35)15-36-22-13-21(30-31(22)17-11-9-16(28)10-12-17)24(34)29-20(14-23(32)33)18-7-5-6-8-19(18)27/h5-13,20,35H,14-15H2,1-4H3,(H,29,34)(H,32,33)/t20-,26-/m0/s1. The third-order valence-electron chi connectivity index (χ3n) is 6.06.